The summed E-state index contributed by atoms with van der Waals surface area (Å²) >= 11 is 3.59. The van der Waals surface area contributed by atoms with Gasteiger partial charge in [0.1, 0.15) is 0 Å². The number of aromatic nitrogens is 2. The van der Waals surface area contributed by atoms with Crippen molar-refractivity contribution >= 4 is 21.6 Å². The zero-order valence-corrected chi connectivity index (χ0v) is 14.0. The summed E-state index contributed by atoms with van der Waals surface area (Å²) in [5.74, 6) is 0. The molecule has 20 heavy (non-hydrogen) atoms. The van der Waals surface area contributed by atoms with E-state index in [1.54, 1.807) is 0 Å². The van der Waals surface area contributed by atoms with E-state index in [-0.39, 0.29) is 6.04 Å². The highest BCUT2D eigenvalue weighted by atomic mass is 79.9. The zero-order valence-electron chi connectivity index (χ0n) is 12.4. The largest absolute Gasteiger partial charge is 0.378 e. The van der Waals surface area contributed by atoms with Gasteiger partial charge in [0.05, 0.1) is 15.9 Å². The molecule has 0 amide bonds. The van der Waals surface area contributed by atoms with Crippen LogP contribution in [0.2, 0.25) is 0 Å². The van der Waals surface area contributed by atoms with Crippen molar-refractivity contribution in [1.29, 1.82) is 0 Å². The summed E-state index contributed by atoms with van der Waals surface area (Å²) in [5, 5.41) is 4.41. The molecule has 0 bridgehead atoms. The predicted molar refractivity (Wildman–Crippen MR) is 87.0 cm³/mol. The lowest BCUT2D eigenvalue weighted by molar-refractivity contribution is 0.638. The molecule has 2 N–H and O–H groups in total. The lowest BCUT2D eigenvalue weighted by atomic mass is 10.0. The van der Waals surface area contributed by atoms with Gasteiger partial charge in [0.15, 0.2) is 0 Å². The fraction of sp³-hybridized carbons (Fsp3) is 0.400. The average molecular weight is 337 g/mol. The lowest BCUT2D eigenvalue weighted by Gasteiger charge is -2.17. The first-order chi connectivity index (χ1) is 9.40. The first-order valence-electron chi connectivity index (χ1n) is 6.61. The van der Waals surface area contributed by atoms with Gasteiger partial charge in [-0.2, -0.15) is 5.10 Å². The maximum atomic E-state index is 6.36. The van der Waals surface area contributed by atoms with Crippen LogP contribution < -0.4 is 10.6 Å². The number of rotatable bonds is 4. The molecule has 2 aromatic rings. The molecule has 0 aliphatic heterocycles. The molecule has 4 nitrogen and oxygen atoms in total. The minimum Gasteiger partial charge on any atom is -0.378 e. The fourth-order valence-electron chi connectivity index (χ4n) is 2.26. The molecule has 5 heteroatoms. The Morgan fingerprint density at radius 2 is 2.10 bits per heavy atom. The molecule has 2 rings (SSSR count). The molecule has 0 spiro atoms. The minimum absolute atomic E-state index is 0.0407. The van der Waals surface area contributed by atoms with Crippen molar-refractivity contribution in [2.75, 3.05) is 19.0 Å². The third-order valence-corrected chi connectivity index (χ3v) is 4.52. The van der Waals surface area contributed by atoms with E-state index in [9.17, 15) is 0 Å². The molecule has 108 valence electrons. The SMILES string of the molecule is Cc1nn(C)c(CC(N)c2cccc(N(C)C)c2)c1Br. The van der Waals surface area contributed by atoms with Crippen LogP contribution in [0.15, 0.2) is 28.7 Å². The summed E-state index contributed by atoms with van der Waals surface area (Å²) in [6.45, 7) is 1.99. The van der Waals surface area contributed by atoms with Gasteiger partial charge < -0.3 is 10.6 Å². The quantitative estimate of drug-likeness (QED) is 0.933. The molecule has 1 unspecified atom stereocenters. The zero-order chi connectivity index (χ0) is 14.9. The molecule has 1 aromatic carbocycles. The summed E-state index contributed by atoms with van der Waals surface area (Å²) in [6.07, 6.45) is 0.759. The number of benzene rings is 1. The number of nitrogens with zero attached hydrogens (tertiary/aromatic N) is 3. The number of halogens is 1. The molecule has 1 heterocycles. The van der Waals surface area contributed by atoms with Crippen molar-refractivity contribution in [3.05, 3.63) is 45.7 Å². The maximum Gasteiger partial charge on any atom is 0.0738 e. The smallest absolute Gasteiger partial charge is 0.0738 e. The molecule has 0 aliphatic rings. The third kappa shape index (κ3) is 3.04. The summed E-state index contributed by atoms with van der Waals surface area (Å²) in [6, 6.07) is 8.31. The maximum absolute atomic E-state index is 6.36. The molecule has 1 aromatic heterocycles. The van der Waals surface area contributed by atoms with Crippen molar-refractivity contribution < 1.29 is 0 Å². The van der Waals surface area contributed by atoms with E-state index in [1.165, 1.54) is 5.69 Å². The van der Waals surface area contributed by atoms with Crippen LogP contribution in [0.25, 0.3) is 0 Å². The van der Waals surface area contributed by atoms with E-state index in [0.29, 0.717) is 0 Å². The molecule has 0 fully saturated rings. The average Bonchev–Trinajstić information content (AvgIpc) is 2.65. The second-order valence-electron chi connectivity index (χ2n) is 5.27. The van der Waals surface area contributed by atoms with E-state index in [2.05, 4.69) is 44.1 Å². The second kappa shape index (κ2) is 5.97. The third-order valence-electron chi connectivity index (χ3n) is 3.49. The van der Waals surface area contributed by atoms with Crippen LogP contribution in [0.4, 0.5) is 5.69 Å². The molecule has 1 atom stereocenters. The molecule has 0 saturated heterocycles. The van der Waals surface area contributed by atoms with E-state index in [4.69, 9.17) is 5.73 Å². The van der Waals surface area contributed by atoms with Crippen LogP contribution in [0.5, 0.6) is 0 Å². The summed E-state index contributed by atoms with van der Waals surface area (Å²) < 4.78 is 2.95. The minimum atomic E-state index is -0.0407. The van der Waals surface area contributed by atoms with Gasteiger partial charge in [0.2, 0.25) is 0 Å². The van der Waals surface area contributed by atoms with E-state index < -0.39 is 0 Å². The second-order valence-corrected chi connectivity index (χ2v) is 6.06. The summed E-state index contributed by atoms with van der Waals surface area (Å²) in [5.41, 5.74) is 10.8. The Hall–Kier alpha value is -1.33. The highest BCUT2D eigenvalue weighted by Gasteiger charge is 2.15. The first kappa shape index (κ1) is 15.1. The fourth-order valence-corrected chi connectivity index (χ4v) is 2.76. The molecule has 0 saturated carbocycles. The van der Waals surface area contributed by atoms with E-state index in [1.807, 2.05) is 38.8 Å². The molecule has 0 aliphatic carbocycles. The van der Waals surface area contributed by atoms with Crippen LogP contribution in [-0.4, -0.2) is 23.9 Å². The Kier molecular flexibility index (Phi) is 4.50. The van der Waals surface area contributed by atoms with Gasteiger partial charge in [0.25, 0.3) is 0 Å². The van der Waals surface area contributed by atoms with Crippen LogP contribution >= 0.6 is 15.9 Å². The van der Waals surface area contributed by atoms with Crippen LogP contribution in [0.3, 0.4) is 0 Å². The number of hydrogen-bond donors (Lipinski definition) is 1. The number of aryl methyl sites for hydroxylation is 2. The highest BCUT2D eigenvalue weighted by molar-refractivity contribution is 9.10. The molecule has 0 radical (unpaired) electrons. The Balaban J connectivity index is 2.24. The first-order valence-corrected chi connectivity index (χ1v) is 7.40. The summed E-state index contributed by atoms with van der Waals surface area (Å²) in [4.78, 5) is 2.08. The van der Waals surface area contributed by atoms with Crippen LogP contribution in [0.1, 0.15) is 23.0 Å². The van der Waals surface area contributed by atoms with Gasteiger partial charge in [-0.05, 0) is 40.5 Å². The van der Waals surface area contributed by atoms with E-state index in [0.717, 1.165) is 27.8 Å². The van der Waals surface area contributed by atoms with Gasteiger partial charge >= 0.3 is 0 Å². The summed E-state index contributed by atoms with van der Waals surface area (Å²) in [7, 11) is 6.02. The highest BCUT2D eigenvalue weighted by Crippen LogP contribution is 2.26. The number of anilines is 1. The normalized spacial score (nSPS) is 12.5. The van der Waals surface area contributed by atoms with Crippen LogP contribution in [-0.2, 0) is 13.5 Å². The topological polar surface area (TPSA) is 47.1 Å². The van der Waals surface area contributed by atoms with Gasteiger partial charge in [0, 0.05) is 39.3 Å². The van der Waals surface area contributed by atoms with Gasteiger partial charge in [-0.25, -0.2) is 0 Å². The Bertz CT molecular complexity index is 604. The Labute approximate surface area is 128 Å². The van der Waals surface area contributed by atoms with Crippen molar-refractivity contribution in [3.63, 3.8) is 0 Å². The van der Waals surface area contributed by atoms with Gasteiger partial charge in [-0.3, -0.25) is 4.68 Å². The van der Waals surface area contributed by atoms with E-state index >= 15 is 0 Å². The van der Waals surface area contributed by atoms with Crippen molar-refractivity contribution in [3.8, 4) is 0 Å². The Morgan fingerprint density at radius 3 is 2.65 bits per heavy atom. The Morgan fingerprint density at radius 1 is 1.40 bits per heavy atom. The van der Waals surface area contributed by atoms with Gasteiger partial charge in [-0.15, -0.1) is 0 Å². The molecular weight excluding hydrogens is 316 g/mol. The van der Waals surface area contributed by atoms with Crippen molar-refractivity contribution in [1.82, 2.24) is 9.78 Å². The number of hydrogen-bond acceptors (Lipinski definition) is 3. The standard InChI is InChI=1S/C15H21BrN4/c1-10-15(16)14(20(4)18-10)9-13(17)11-6-5-7-12(8-11)19(2)3/h5-8,13H,9,17H2,1-4H3. The molecular formula is C15H21BrN4. The predicted octanol–water partition coefficient (Wildman–Crippen LogP) is 2.80. The van der Waals surface area contributed by atoms with Crippen molar-refractivity contribution in [2.45, 2.75) is 19.4 Å². The van der Waals surface area contributed by atoms with Crippen molar-refractivity contribution in [2.24, 2.45) is 12.8 Å². The van der Waals surface area contributed by atoms with Gasteiger partial charge in [-0.1, -0.05) is 12.1 Å². The lowest BCUT2D eigenvalue weighted by Crippen LogP contribution is -2.17. The van der Waals surface area contributed by atoms with Crippen LogP contribution in [0, 0.1) is 6.92 Å². The monoisotopic (exact) mass is 336 g/mol. The number of nitrogens with two attached hydrogens (primary N) is 1.